The zero-order valence-electron chi connectivity index (χ0n) is 10.9. The predicted molar refractivity (Wildman–Crippen MR) is 67.5 cm³/mol. The summed E-state index contributed by atoms with van der Waals surface area (Å²) in [7, 11) is 0. The summed E-state index contributed by atoms with van der Waals surface area (Å²) in [4.78, 5) is 11.6. The third-order valence-electron chi connectivity index (χ3n) is 2.84. The van der Waals surface area contributed by atoms with Gasteiger partial charge in [-0.2, -0.15) is 4.39 Å². The molecule has 1 aliphatic heterocycles. The highest BCUT2D eigenvalue weighted by atomic mass is 19.2. The third kappa shape index (κ3) is 2.09. The summed E-state index contributed by atoms with van der Waals surface area (Å²) >= 11 is 0. The van der Waals surface area contributed by atoms with Crippen molar-refractivity contribution in [1.29, 1.82) is 0 Å². The molecule has 2 aromatic rings. The van der Waals surface area contributed by atoms with E-state index >= 15 is 0 Å². The maximum Gasteiger partial charge on any atom is 0.379 e. The van der Waals surface area contributed by atoms with Gasteiger partial charge >= 0.3 is 5.63 Å². The second kappa shape index (κ2) is 4.99. The lowest BCUT2D eigenvalue weighted by atomic mass is 10.1. The van der Waals surface area contributed by atoms with E-state index in [1.807, 2.05) is 13.8 Å². The lowest BCUT2D eigenvalue weighted by Gasteiger charge is -2.03. The van der Waals surface area contributed by atoms with Crippen LogP contribution in [0, 0.1) is 11.6 Å². The van der Waals surface area contributed by atoms with Gasteiger partial charge in [0.05, 0.1) is 0 Å². The van der Waals surface area contributed by atoms with Crippen LogP contribution < -0.4 is 10.4 Å². The molecule has 0 aliphatic carbocycles. The molecule has 1 aromatic heterocycles. The van der Waals surface area contributed by atoms with Gasteiger partial charge in [0.15, 0.2) is 11.4 Å². The molecule has 19 heavy (non-hydrogen) atoms. The van der Waals surface area contributed by atoms with Gasteiger partial charge in [-0.15, -0.1) is 0 Å². The van der Waals surface area contributed by atoms with E-state index in [0.29, 0.717) is 17.4 Å². The first kappa shape index (κ1) is 13.5. The molecule has 5 heteroatoms. The van der Waals surface area contributed by atoms with Gasteiger partial charge < -0.3 is 9.15 Å². The van der Waals surface area contributed by atoms with Gasteiger partial charge in [0, 0.05) is 17.4 Å². The van der Waals surface area contributed by atoms with E-state index in [1.165, 1.54) is 6.07 Å². The molecule has 0 N–H and O–H groups in total. The Bertz CT molecular complexity index is 676. The number of hydrogen-bond acceptors (Lipinski definition) is 3. The molecule has 0 fully saturated rings. The van der Waals surface area contributed by atoms with Crippen LogP contribution in [0.2, 0.25) is 0 Å². The molecule has 1 aromatic carbocycles. The maximum absolute atomic E-state index is 13.5. The van der Waals surface area contributed by atoms with Crippen molar-refractivity contribution in [2.24, 2.45) is 0 Å². The van der Waals surface area contributed by atoms with Crippen LogP contribution in [0.5, 0.6) is 5.75 Å². The number of ether oxygens (including phenoxy) is 1. The smallest absolute Gasteiger partial charge is 0.379 e. The number of rotatable bonds is 0. The van der Waals surface area contributed by atoms with E-state index in [0.717, 1.165) is 6.07 Å². The zero-order chi connectivity index (χ0) is 14.2. The standard InChI is InChI=1S/C12H8F2O3.C2H6/c1-5-4-7-6-2-3-8(13)9(14)10(6)17-12(15)11(7)16-5;1-2/h2-3,5H,4H2,1H3;1-2H3. The summed E-state index contributed by atoms with van der Waals surface area (Å²) in [6, 6.07) is 2.41. The monoisotopic (exact) mass is 268 g/mol. The highest BCUT2D eigenvalue weighted by molar-refractivity contribution is 5.83. The summed E-state index contributed by atoms with van der Waals surface area (Å²) < 4.78 is 36.6. The van der Waals surface area contributed by atoms with Crippen molar-refractivity contribution in [3.8, 4) is 5.75 Å². The maximum atomic E-state index is 13.5. The lowest BCUT2D eigenvalue weighted by molar-refractivity contribution is 0.245. The Kier molecular flexibility index (Phi) is 3.55. The second-order valence-electron chi connectivity index (χ2n) is 4.07. The van der Waals surface area contributed by atoms with E-state index in [9.17, 15) is 13.6 Å². The molecule has 1 atom stereocenters. The minimum atomic E-state index is -1.14. The zero-order valence-corrected chi connectivity index (χ0v) is 10.9. The Morgan fingerprint density at radius 3 is 2.63 bits per heavy atom. The number of fused-ring (bicyclic) bond motifs is 3. The Balaban J connectivity index is 0.000000637. The van der Waals surface area contributed by atoms with Crippen LogP contribution in [-0.2, 0) is 6.42 Å². The first-order valence-corrected chi connectivity index (χ1v) is 6.18. The second-order valence-corrected chi connectivity index (χ2v) is 4.07. The number of halogens is 2. The minimum Gasteiger partial charge on any atom is -0.483 e. The number of benzene rings is 1. The lowest BCUT2D eigenvalue weighted by Crippen LogP contribution is -2.09. The molecule has 3 rings (SSSR count). The molecule has 0 saturated carbocycles. The summed E-state index contributed by atoms with van der Waals surface area (Å²) in [6.07, 6.45) is 0.328. The summed E-state index contributed by atoms with van der Waals surface area (Å²) in [5.74, 6) is -2.06. The fraction of sp³-hybridized carbons (Fsp3) is 0.357. The van der Waals surface area contributed by atoms with Crippen LogP contribution in [-0.4, -0.2) is 6.10 Å². The predicted octanol–water partition coefficient (Wildman–Crippen LogP) is 3.42. The van der Waals surface area contributed by atoms with Crippen molar-refractivity contribution in [3.63, 3.8) is 0 Å². The average Bonchev–Trinajstić information content (AvgIpc) is 2.80. The minimum absolute atomic E-state index is 0.107. The molecule has 0 bridgehead atoms. The van der Waals surface area contributed by atoms with E-state index in [1.54, 1.807) is 6.92 Å². The molecule has 3 nitrogen and oxygen atoms in total. The van der Waals surface area contributed by atoms with E-state index in [2.05, 4.69) is 0 Å². The van der Waals surface area contributed by atoms with Crippen molar-refractivity contribution in [2.45, 2.75) is 33.3 Å². The van der Waals surface area contributed by atoms with Gasteiger partial charge in [-0.3, -0.25) is 0 Å². The first-order chi connectivity index (χ1) is 9.08. The van der Waals surface area contributed by atoms with Crippen molar-refractivity contribution in [3.05, 3.63) is 39.8 Å². The fourth-order valence-electron chi connectivity index (χ4n) is 2.11. The van der Waals surface area contributed by atoms with Gasteiger partial charge in [-0.05, 0) is 19.1 Å². The molecule has 0 radical (unpaired) electrons. The molecule has 0 amide bonds. The average molecular weight is 268 g/mol. The largest absolute Gasteiger partial charge is 0.483 e. The van der Waals surface area contributed by atoms with Crippen LogP contribution in [0.15, 0.2) is 21.3 Å². The number of hydrogen-bond donors (Lipinski definition) is 0. The van der Waals surface area contributed by atoms with Gasteiger partial charge in [0.1, 0.15) is 6.10 Å². The van der Waals surface area contributed by atoms with Crippen molar-refractivity contribution in [1.82, 2.24) is 0 Å². The molecular formula is C14H14F2O3. The van der Waals surface area contributed by atoms with Gasteiger partial charge in [0.2, 0.25) is 11.6 Å². The van der Waals surface area contributed by atoms with Crippen molar-refractivity contribution < 1.29 is 17.9 Å². The Morgan fingerprint density at radius 1 is 1.26 bits per heavy atom. The fourth-order valence-corrected chi connectivity index (χ4v) is 2.11. The molecule has 0 spiro atoms. The SMILES string of the molecule is CC.CC1Cc2c(c(=O)oc3c(F)c(F)ccc23)O1. The van der Waals surface area contributed by atoms with Crippen LogP contribution in [0.1, 0.15) is 26.3 Å². The van der Waals surface area contributed by atoms with E-state index in [4.69, 9.17) is 9.15 Å². The van der Waals surface area contributed by atoms with Crippen LogP contribution in [0.25, 0.3) is 11.0 Å². The van der Waals surface area contributed by atoms with Crippen LogP contribution >= 0.6 is 0 Å². The molecule has 102 valence electrons. The summed E-state index contributed by atoms with van der Waals surface area (Å²) in [6.45, 7) is 5.80. The quantitative estimate of drug-likeness (QED) is 0.687. The topological polar surface area (TPSA) is 39.4 Å². The van der Waals surface area contributed by atoms with E-state index in [-0.39, 0.29) is 17.4 Å². The van der Waals surface area contributed by atoms with Crippen LogP contribution in [0.4, 0.5) is 8.78 Å². The molecular weight excluding hydrogens is 254 g/mol. The molecule has 1 aliphatic rings. The van der Waals surface area contributed by atoms with Crippen molar-refractivity contribution >= 4 is 11.0 Å². The Morgan fingerprint density at radius 2 is 1.95 bits per heavy atom. The normalized spacial score (nSPS) is 16.6. The Labute approximate surface area is 108 Å². The first-order valence-electron chi connectivity index (χ1n) is 6.18. The highest BCUT2D eigenvalue weighted by Crippen LogP contribution is 2.33. The van der Waals surface area contributed by atoms with Crippen LogP contribution in [0.3, 0.4) is 0 Å². The van der Waals surface area contributed by atoms with Gasteiger partial charge in [-0.1, -0.05) is 13.8 Å². The van der Waals surface area contributed by atoms with Crippen molar-refractivity contribution in [2.75, 3.05) is 0 Å². The summed E-state index contributed by atoms with van der Waals surface area (Å²) in [5, 5.41) is 0.392. The summed E-state index contributed by atoms with van der Waals surface area (Å²) in [5.41, 5.74) is -0.518. The molecule has 0 saturated heterocycles. The Hall–Kier alpha value is -1.91. The third-order valence-corrected chi connectivity index (χ3v) is 2.84. The van der Waals surface area contributed by atoms with Gasteiger partial charge in [0.25, 0.3) is 0 Å². The molecule has 1 unspecified atom stereocenters. The highest BCUT2D eigenvalue weighted by Gasteiger charge is 2.27. The van der Waals surface area contributed by atoms with Gasteiger partial charge in [-0.25, -0.2) is 9.18 Å². The molecule has 2 heterocycles. The van der Waals surface area contributed by atoms with E-state index < -0.39 is 17.3 Å².